The summed E-state index contributed by atoms with van der Waals surface area (Å²) in [6.07, 6.45) is 0.481. The molecule has 0 saturated carbocycles. The van der Waals surface area contributed by atoms with Crippen molar-refractivity contribution in [3.63, 3.8) is 0 Å². The predicted molar refractivity (Wildman–Crippen MR) is 81.4 cm³/mol. The average Bonchev–Trinajstić information content (AvgIpc) is 2.73. The highest BCUT2D eigenvalue weighted by atomic mass is 32.2. The zero-order valence-corrected chi connectivity index (χ0v) is 13.4. The zero-order chi connectivity index (χ0) is 15.7. The Labute approximate surface area is 125 Å². The van der Waals surface area contributed by atoms with Crippen LogP contribution in [0, 0.1) is 0 Å². The van der Waals surface area contributed by atoms with Crippen LogP contribution in [0.1, 0.15) is 30.6 Å². The van der Waals surface area contributed by atoms with Crippen LogP contribution in [0.25, 0.3) is 0 Å². The molecule has 1 aromatic rings. The largest absolute Gasteiger partial charge is 0.494 e. The lowest BCUT2D eigenvalue weighted by Crippen LogP contribution is -2.48. The summed E-state index contributed by atoms with van der Waals surface area (Å²) in [7, 11) is -1.38. The van der Waals surface area contributed by atoms with Crippen molar-refractivity contribution in [2.75, 3.05) is 25.2 Å². The van der Waals surface area contributed by atoms with E-state index in [0.717, 1.165) is 0 Å². The van der Waals surface area contributed by atoms with Gasteiger partial charge in [0, 0.05) is 12.6 Å². The van der Waals surface area contributed by atoms with Crippen molar-refractivity contribution in [2.45, 2.75) is 25.8 Å². The van der Waals surface area contributed by atoms with Crippen molar-refractivity contribution in [3.05, 3.63) is 29.8 Å². The first-order valence-corrected chi connectivity index (χ1v) is 8.81. The Morgan fingerprint density at radius 3 is 2.43 bits per heavy atom. The van der Waals surface area contributed by atoms with Crippen LogP contribution in [0.5, 0.6) is 5.75 Å². The molecule has 21 heavy (non-hydrogen) atoms. The SMILES string of the molecule is CCOc1ccc(C(=O)N(C)[C@]2(C)CCS(=O)(=O)C2)cc1. The van der Waals surface area contributed by atoms with Crippen molar-refractivity contribution in [2.24, 2.45) is 0 Å². The molecule has 1 aliphatic rings. The third-order valence-corrected chi connectivity index (χ3v) is 5.90. The van der Waals surface area contributed by atoms with E-state index in [1.165, 1.54) is 0 Å². The van der Waals surface area contributed by atoms with E-state index in [-0.39, 0.29) is 17.4 Å². The lowest BCUT2D eigenvalue weighted by molar-refractivity contribution is 0.0638. The Kier molecular flexibility index (Phi) is 4.27. The summed E-state index contributed by atoms with van der Waals surface area (Å²) >= 11 is 0. The quantitative estimate of drug-likeness (QED) is 0.849. The fourth-order valence-electron chi connectivity index (χ4n) is 2.56. The second-order valence-electron chi connectivity index (χ2n) is 5.66. The molecular weight excluding hydrogens is 290 g/mol. The Hall–Kier alpha value is -1.56. The van der Waals surface area contributed by atoms with Gasteiger partial charge in [-0.15, -0.1) is 0 Å². The molecule has 5 nitrogen and oxygen atoms in total. The molecular formula is C15H21NO4S. The normalized spacial score (nSPS) is 23.8. The van der Waals surface area contributed by atoms with Gasteiger partial charge in [-0.3, -0.25) is 4.79 Å². The van der Waals surface area contributed by atoms with Gasteiger partial charge >= 0.3 is 0 Å². The lowest BCUT2D eigenvalue weighted by Gasteiger charge is -2.34. The Balaban J connectivity index is 2.16. The first-order valence-electron chi connectivity index (χ1n) is 6.99. The highest BCUT2D eigenvalue weighted by molar-refractivity contribution is 7.91. The summed E-state index contributed by atoms with van der Waals surface area (Å²) in [5.74, 6) is 0.716. The molecule has 1 heterocycles. The summed E-state index contributed by atoms with van der Waals surface area (Å²) < 4.78 is 28.7. The molecule has 1 atom stereocenters. The van der Waals surface area contributed by atoms with E-state index in [0.29, 0.717) is 24.3 Å². The van der Waals surface area contributed by atoms with Gasteiger partial charge in [0.2, 0.25) is 0 Å². The van der Waals surface area contributed by atoms with Crippen LogP contribution in [0.2, 0.25) is 0 Å². The van der Waals surface area contributed by atoms with Crippen molar-refractivity contribution >= 4 is 15.7 Å². The second-order valence-corrected chi connectivity index (χ2v) is 7.84. The van der Waals surface area contributed by atoms with Crippen molar-refractivity contribution < 1.29 is 17.9 Å². The van der Waals surface area contributed by atoms with E-state index in [9.17, 15) is 13.2 Å². The molecule has 1 saturated heterocycles. The fourth-order valence-corrected chi connectivity index (χ4v) is 4.74. The molecule has 0 bridgehead atoms. The molecule has 0 radical (unpaired) electrons. The summed E-state index contributed by atoms with van der Waals surface area (Å²) in [5, 5.41) is 0. The van der Waals surface area contributed by atoms with Gasteiger partial charge in [0.05, 0.1) is 23.7 Å². The Morgan fingerprint density at radius 1 is 1.33 bits per heavy atom. The van der Waals surface area contributed by atoms with Crippen LogP contribution in [0.15, 0.2) is 24.3 Å². The number of amides is 1. The third-order valence-electron chi connectivity index (χ3n) is 4.01. The number of rotatable bonds is 4. The standard InChI is InChI=1S/C15H21NO4S/c1-4-20-13-7-5-12(6-8-13)14(17)16(3)15(2)9-10-21(18,19)11-15/h5-8H,4,9-11H2,1-3H3/t15-/m1/s1. The van der Waals surface area contributed by atoms with E-state index in [4.69, 9.17) is 4.74 Å². The van der Waals surface area contributed by atoms with Crippen LogP contribution in [-0.4, -0.2) is 49.9 Å². The molecule has 0 unspecified atom stereocenters. The number of hydrogen-bond donors (Lipinski definition) is 0. The smallest absolute Gasteiger partial charge is 0.254 e. The maximum absolute atomic E-state index is 12.5. The predicted octanol–water partition coefficient (Wildman–Crippen LogP) is 1.73. The molecule has 0 aromatic heterocycles. The minimum atomic E-state index is -3.04. The molecule has 6 heteroatoms. The van der Waals surface area contributed by atoms with E-state index < -0.39 is 15.4 Å². The molecule has 2 rings (SSSR count). The van der Waals surface area contributed by atoms with Crippen molar-refractivity contribution in [1.29, 1.82) is 0 Å². The van der Waals surface area contributed by atoms with Gasteiger partial charge in [0.1, 0.15) is 5.75 Å². The Bertz CT molecular complexity index is 624. The fraction of sp³-hybridized carbons (Fsp3) is 0.533. The van der Waals surface area contributed by atoms with Crippen molar-refractivity contribution in [1.82, 2.24) is 4.90 Å². The number of nitrogens with zero attached hydrogens (tertiary/aromatic N) is 1. The van der Waals surface area contributed by atoms with Crippen LogP contribution in [-0.2, 0) is 9.84 Å². The van der Waals surface area contributed by atoms with Gasteiger partial charge in [-0.2, -0.15) is 0 Å². The van der Waals surface area contributed by atoms with Gasteiger partial charge in [-0.05, 0) is 44.5 Å². The topological polar surface area (TPSA) is 63.7 Å². The van der Waals surface area contributed by atoms with Gasteiger partial charge in [-0.25, -0.2) is 8.42 Å². The van der Waals surface area contributed by atoms with Crippen LogP contribution < -0.4 is 4.74 Å². The minimum Gasteiger partial charge on any atom is -0.494 e. The van der Waals surface area contributed by atoms with Crippen LogP contribution in [0.4, 0.5) is 0 Å². The molecule has 1 fully saturated rings. The van der Waals surface area contributed by atoms with E-state index in [1.807, 2.05) is 13.8 Å². The summed E-state index contributed by atoms with van der Waals surface area (Å²) in [6.45, 7) is 4.29. The maximum atomic E-state index is 12.5. The molecule has 1 aliphatic heterocycles. The molecule has 1 aromatic carbocycles. The van der Waals surface area contributed by atoms with Crippen LogP contribution in [0.3, 0.4) is 0 Å². The Morgan fingerprint density at radius 2 is 1.95 bits per heavy atom. The van der Waals surface area contributed by atoms with E-state index in [1.54, 1.807) is 36.2 Å². The number of carbonyl (C=O) groups excluding carboxylic acids is 1. The number of sulfone groups is 1. The summed E-state index contributed by atoms with van der Waals surface area (Å²) in [6, 6.07) is 6.91. The average molecular weight is 311 g/mol. The first-order chi connectivity index (χ1) is 9.77. The number of ether oxygens (including phenoxy) is 1. The molecule has 0 aliphatic carbocycles. The van der Waals surface area contributed by atoms with Gasteiger partial charge in [0.15, 0.2) is 9.84 Å². The van der Waals surface area contributed by atoms with Crippen LogP contribution >= 0.6 is 0 Å². The first kappa shape index (κ1) is 15.8. The van der Waals surface area contributed by atoms with Gasteiger partial charge in [0.25, 0.3) is 5.91 Å². The highest BCUT2D eigenvalue weighted by Gasteiger charge is 2.43. The minimum absolute atomic E-state index is 0.0271. The number of hydrogen-bond acceptors (Lipinski definition) is 4. The third kappa shape index (κ3) is 3.37. The summed E-state index contributed by atoms with van der Waals surface area (Å²) in [4.78, 5) is 14.1. The molecule has 116 valence electrons. The maximum Gasteiger partial charge on any atom is 0.254 e. The zero-order valence-electron chi connectivity index (χ0n) is 12.6. The lowest BCUT2D eigenvalue weighted by atomic mass is 9.99. The van der Waals surface area contributed by atoms with Gasteiger partial charge < -0.3 is 9.64 Å². The molecule has 0 N–H and O–H groups in total. The number of carbonyl (C=O) groups is 1. The number of benzene rings is 1. The van der Waals surface area contributed by atoms with Crippen molar-refractivity contribution in [3.8, 4) is 5.75 Å². The molecule has 1 amide bonds. The van der Waals surface area contributed by atoms with E-state index >= 15 is 0 Å². The van der Waals surface area contributed by atoms with E-state index in [2.05, 4.69) is 0 Å². The summed E-state index contributed by atoms with van der Waals surface area (Å²) in [5.41, 5.74) is -0.0967. The molecule has 0 spiro atoms. The highest BCUT2D eigenvalue weighted by Crippen LogP contribution is 2.29. The second kappa shape index (κ2) is 5.67. The monoisotopic (exact) mass is 311 g/mol. The van der Waals surface area contributed by atoms with Gasteiger partial charge in [-0.1, -0.05) is 0 Å².